The Morgan fingerprint density at radius 1 is 0.225 bits per heavy atom. The lowest BCUT2D eigenvalue weighted by Gasteiger charge is -2.46. The highest BCUT2D eigenvalue weighted by Gasteiger charge is 2.48. The Balaban J connectivity index is 1.23. The molecule has 0 N–H and O–H groups in total. The highest BCUT2D eigenvalue weighted by Crippen LogP contribution is 2.60. The summed E-state index contributed by atoms with van der Waals surface area (Å²) in [6, 6.07) is 44.3. The summed E-state index contributed by atoms with van der Waals surface area (Å²) in [6.07, 6.45) is 0. The highest BCUT2D eigenvalue weighted by molar-refractivity contribution is 7.00. The summed E-state index contributed by atoms with van der Waals surface area (Å²) in [5.74, 6) is 0. The van der Waals surface area contributed by atoms with Crippen LogP contribution in [-0.4, -0.2) is 15.8 Å². The van der Waals surface area contributed by atoms with Gasteiger partial charge in [-0.05, 0) is 314 Å². The largest absolute Gasteiger partial charge is 0.310 e. The van der Waals surface area contributed by atoms with Gasteiger partial charge in [-0.25, -0.2) is 0 Å². The fourth-order valence-corrected chi connectivity index (χ4v) is 20.8. The van der Waals surface area contributed by atoms with E-state index in [1.807, 2.05) is 145 Å². The minimum absolute atomic E-state index is 0.00252. The Bertz CT molecular complexity index is 8660. The molecule has 0 saturated carbocycles. The van der Waals surface area contributed by atoms with Crippen LogP contribution in [0.1, 0.15) is 373 Å². The number of fused-ring (bicyclic) bond motifs is 10. The zero-order chi connectivity index (χ0) is 119. The third kappa shape index (κ3) is 18.0. The van der Waals surface area contributed by atoms with Gasteiger partial charge in [0.15, 0.2) is 0 Å². The van der Waals surface area contributed by atoms with Crippen molar-refractivity contribution in [3.63, 3.8) is 0 Å². The first-order valence-electron chi connectivity index (χ1n) is 60.4. The average molecular weight is 1890 g/mol. The van der Waals surface area contributed by atoms with Crippen molar-refractivity contribution in [3.05, 3.63) is 326 Å². The zero-order valence-corrected chi connectivity index (χ0v) is 92.6. The highest BCUT2D eigenvalue weighted by atomic mass is 15.2. The maximum atomic E-state index is 12.2. The quantitative estimate of drug-likeness (QED) is 0.134. The van der Waals surface area contributed by atoms with Crippen LogP contribution in [0.25, 0.3) is 111 Å². The second-order valence-electron chi connectivity index (χ2n) is 54.4. The molecule has 0 unspecified atom stereocenters. The molecule has 0 bridgehead atoms. The molecule has 0 radical (unpaired) electrons. The van der Waals surface area contributed by atoms with Gasteiger partial charge in [-0.2, -0.15) is 0 Å². The molecule has 0 saturated heterocycles. The van der Waals surface area contributed by atoms with Crippen molar-refractivity contribution >= 4 is 101 Å². The van der Waals surface area contributed by atoms with E-state index in [0.29, 0.717) is 61.6 Å². The molecule has 0 fully saturated rings. The third-order valence-corrected chi connectivity index (χ3v) is 29.4. The molecule has 16 aromatic rings. The summed E-state index contributed by atoms with van der Waals surface area (Å²) in [5.41, 5.74) is 6.40. The van der Waals surface area contributed by atoms with E-state index in [1.54, 1.807) is 6.92 Å². The first-order chi connectivity index (χ1) is 73.1. The van der Waals surface area contributed by atoms with Crippen LogP contribution in [0.15, 0.2) is 248 Å². The van der Waals surface area contributed by atoms with E-state index in [4.69, 9.17) is 0 Å². The zero-order valence-electron chi connectivity index (χ0n) is 111. The molecule has 14 aromatic carbocycles. The van der Waals surface area contributed by atoms with Crippen LogP contribution in [0.5, 0.6) is 0 Å². The topological polar surface area (TPSA) is 16.3 Å². The third-order valence-electron chi connectivity index (χ3n) is 29.4. The lowest BCUT2D eigenvalue weighted by Crippen LogP contribution is -2.61. The maximum absolute atomic E-state index is 12.2. The van der Waals surface area contributed by atoms with E-state index >= 15 is 0 Å². The number of hydrogen-bond acceptors (Lipinski definition) is 2. The number of aromatic nitrogens is 2. The monoisotopic (exact) mass is 1890 g/mol. The van der Waals surface area contributed by atoms with Gasteiger partial charge < -0.3 is 18.9 Å². The maximum Gasteiger partial charge on any atom is 0.252 e. The summed E-state index contributed by atoms with van der Waals surface area (Å²) >= 11 is 0. The molecule has 0 atom stereocenters. The smallest absolute Gasteiger partial charge is 0.252 e. The van der Waals surface area contributed by atoms with Crippen molar-refractivity contribution in [2.45, 2.75) is 347 Å². The Morgan fingerprint density at radius 2 is 0.507 bits per heavy atom. The van der Waals surface area contributed by atoms with Crippen molar-refractivity contribution < 1.29 is 24.7 Å². The van der Waals surface area contributed by atoms with E-state index in [9.17, 15) is 24.7 Å². The van der Waals surface area contributed by atoms with E-state index < -0.39 is 79.6 Å². The minimum Gasteiger partial charge on any atom is -0.310 e. The van der Waals surface area contributed by atoms with E-state index in [2.05, 4.69) is 283 Å². The Kier molecular flexibility index (Phi) is 18.9. The van der Waals surface area contributed by atoms with Gasteiger partial charge in [0.05, 0.1) is 58.1 Å². The van der Waals surface area contributed by atoms with Gasteiger partial charge in [-0.1, -0.05) is 409 Å². The van der Waals surface area contributed by atoms with Crippen molar-refractivity contribution in [2.24, 2.45) is 0 Å². The Labute approximate surface area is 880 Å². The SMILES string of the molecule is [2H]c1c([2H])c(C)c(-c2c([2H])c(C(C)(C)C)c([2H])c(-c3c([2H])c([2H])c(C(C)(C)C)c([2H])c3[2H])c2N2c3cc(-n4c5ccc(C(C)(C)C)cc5c5cc(C(C)(C)C)ccc54)ccc3B3c4ccc(-n5c6ccc(C(C)(C)C)cc6c6cc(C(C)(C)C)ccc65)cc4N(c4c(-c5c([2H])c([2H])c(C(C)(C)C)c([2H])c5[2H])c([2H])c(C(C)(C)C)c([2H])c4-c4c(C(C)(C)C)c([2H])c([2H])c([2H])c4C(C)(C)C)c4cc(-c5cc(C(C)(C)C)cc(C(C)(C)C)c5)cc2c43)c(C(C)(C)C)c1[2H]. The molecule has 0 spiro atoms. The van der Waals surface area contributed by atoms with Crippen molar-refractivity contribution in [1.29, 1.82) is 0 Å². The molecule has 18 rings (SSSR count). The van der Waals surface area contributed by atoms with Gasteiger partial charge in [0.2, 0.25) is 0 Å². The molecule has 4 nitrogen and oxygen atoms in total. The summed E-state index contributed by atoms with van der Waals surface area (Å²) in [6.45, 7) is 80.6. The fraction of sp³-hybridized carbons (Fsp3) is 0.387. The number of nitrogens with zero attached hydrogens (tertiary/aromatic N) is 4. The van der Waals surface area contributed by atoms with Crippen LogP contribution in [-0.2, 0) is 70.4 Å². The predicted molar refractivity (Wildman–Crippen MR) is 624 cm³/mol. The molecule has 2 aromatic heterocycles. The van der Waals surface area contributed by atoms with Gasteiger partial charge in [0, 0.05) is 77.9 Å². The van der Waals surface area contributed by atoms with Gasteiger partial charge in [-0.3, -0.25) is 0 Å². The molecule has 2 aliphatic heterocycles. The standard InChI is InChI=1S/C137H161BN4/c1-82-43-41-44-107(135(32,33)34)120(82)105-78-95(133(26,27)28)76-99(83-47-51-87(52-48-83)125(2,3)4)123(105)141-116-80-97(139-112-63-55-89(127(8,9)10)72-101(112)102-73-90(128(11,12)13)56-64-113(102)139)59-61-110(116)138-111-62-60-98(140-114-65-57-91(129(14,15)16)74-103(114)104-75-92(130(17,18)19)58-66-115(104)140)81-117(111)142(119-70-86(69-118(141)122(119)138)85-67-93(131(20,21)22)71-94(68-85)132(23,24)25)124-100(84-49-53-88(54-50-84)126(5,6)7)77-96(134(29,30)31)79-106(124)121-108(136(35,36)37)45-42-46-109(121)137(38,39)40/h41-81H,1-40H3/i41D,42D,43D,44D,45D,46D,47D,48D,49D,50D,51D,52D,53D,54D,76D,77D,78D,79D. The number of rotatable bonds is 9. The second kappa shape index (κ2) is 33.7. The fourth-order valence-electron chi connectivity index (χ4n) is 20.8. The summed E-state index contributed by atoms with van der Waals surface area (Å²) in [4.78, 5) is 4.16. The molecule has 0 amide bonds. The van der Waals surface area contributed by atoms with Gasteiger partial charge >= 0.3 is 0 Å². The van der Waals surface area contributed by atoms with Gasteiger partial charge in [-0.15, -0.1) is 0 Å². The number of benzene rings is 14. The second-order valence-corrected chi connectivity index (χ2v) is 54.4. The molecule has 142 heavy (non-hydrogen) atoms. The average Bonchev–Trinajstić information content (AvgIpc) is 0.808. The molecular weight excluding hydrogens is 1710 g/mol. The van der Waals surface area contributed by atoms with Crippen molar-refractivity contribution in [2.75, 3.05) is 9.80 Å². The van der Waals surface area contributed by atoms with Crippen molar-refractivity contribution in [1.82, 2.24) is 9.13 Å². The van der Waals surface area contributed by atoms with Gasteiger partial charge in [0.1, 0.15) is 0 Å². The first kappa shape index (κ1) is 79.8. The lowest BCUT2D eigenvalue weighted by atomic mass is 9.33. The molecule has 5 heteroatoms. The summed E-state index contributed by atoms with van der Waals surface area (Å²) < 4.78 is 204. The van der Waals surface area contributed by atoms with Crippen LogP contribution in [0.2, 0.25) is 0 Å². The van der Waals surface area contributed by atoms with E-state index in [-0.39, 0.29) is 207 Å². The minimum atomic E-state index is -1.22. The van der Waals surface area contributed by atoms with Crippen LogP contribution >= 0.6 is 0 Å². The van der Waals surface area contributed by atoms with Crippen LogP contribution in [0.4, 0.5) is 34.1 Å². The number of hydrogen-bond donors (Lipinski definition) is 0. The number of anilines is 6. The van der Waals surface area contributed by atoms with Crippen LogP contribution < -0.4 is 26.2 Å². The van der Waals surface area contributed by atoms with Gasteiger partial charge in [0.25, 0.3) is 6.71 Å². The van der Waals surface area contributed by atoms with Crippen LogP contribution in [0, 0.1) is 6.92 Å². The summed E-state index contributed by atoms with van der Waals surface area (Å²) in [5, 5.41) is 3.94. The van der Waals surface area contributed by atoms with Crippen molar-refractivity contribution in [3.8, 4) is 67.0 Å². The molecule has 0 aliphatic carbocycles. The van der Waals surface area contributed by atoms with Crippen LogP contribution in [0.3, 0.4) is 0 Å². The normalized spacial score (nSPS) is 15.8. The predicted octanol–water partition coefficient (Wildman–Crippen LogP) is 37.5. The first-order valence-corrected chi connectivity index (χ1v) is 51.4. The molecular formula is C137H161BN4. The Morgan fingerprint density at radius 3 is 0.810 bits per heavy atom. The van der Waals surface area contributed by atoms with E-state index in [0.717, 1.165) is 77.0 Å². The molecule has 4 heterocycles. The Hall–Kier alpha value is -11.7. The molecule has 732 valence electrons. The van der Waals surface area contributed by atoms with E-state index in [1.165, 1.54) is 0 Å². The molecule has 2 aliphatic rings. The summed E-state index contributed by atoms with van der Waals surface area (Å²) in [7, 11) is 0. The lowest BCUT2D eigenvalue weighted by molar-refractivity contribution is 0.569.